The average Bonchev–Trinajstić information content (AvgIpc) is 2.84. The van der Waals surface area contributed by atoms with E-state index >= 15 is 0 Å². The van der Waals surface area contributed by atoms with Crippen molar-refractivity contribution < 1.29 is 19.7 Å². The number of aromatic nitrogens is 1. The van der Waals surface area contributed by atoms with E-state index in [2.05, 4.69) is 15.5 Å². The number of aromatic hydroxyl groups is 1. The van der Waals surface area contributed by atoms with E-state index in [1.165, 1.54) is 0 Å². The Morgan fingerprint density at radius 1 is 1.03 bits per heavy atom. The van der Waals surface area contributed by atoms with Gasteiger partial charge in [-0.2, -0.15) is 5.10 Å². The number of nitro groups is 2. The largest absolute Gasteiger partial charge is 0.502 e. The van der Waals surface area contributed by atoms with Crippen LogP contribution in [0.3, 0.4) is 0 Å². The fourth-order valence-electron chi connectivity index (χ4n) is 3.42. The Morgan fingerprint density at radius 2 is 1.74 bits per heavy atom. The molecule has 4 aromatic rings. The quantitative estimate of drug-likeness (QED) is 0.238. The third-order valence-electron chi connectivity index (χ3n) is 5.19. The van der Waals surface area contributed by atoms with Gasteiger partial charge in [0.05, 0.1) is 44.5 Å². The number of carbonyl (C=O) groups is 1. The molecular formula is C24H17N5O6. The molecule has 0 unspecified atom stereocenters. The number of hydrogen-bond donors (Lipinski definition) is 2. The number of carbonyl (C=O) groups excluding carboxylic acids is 1. The molecule has 3 aromatic carbocycles. The standard InChI is InChI=1S/C24H17N5O6/c1-14-6-8-15(9-7-14)21-12-19(18-4-2-3-5-20(18)26-21)24(31)27-25-13-16-10-17(28(32)33)11-22(23(16)30)29(34)35/h2-13,30H,1H3,(H,27,31)/b25-13+. The highest BCUT2D eigenvalue weighted by atomic mass is 16.6. The summed E-state index contributed by atoms with van der Waals surface area (Å²) in [4.78, 5) is 38.0. The molecular weight excluding hydrogens is 454 g/mol. The first-order valence-electron chi connectivity index (χ1n) is 10.2. The fourth-order valence-corrected chi connectivity index (χ4v) is 3.42. The summed E-state index contributed by atoms with van der Waals surface area (Å²) < 4.78 is 0. The van der Waals surface area contributed by atoms with E-state index in [9.17, 15) is 30.1 Å². The Kier molecular flexibility index (Phi) is 6.14. The van der Waals surface area contributed by atoms with Crippen LogP contribution in [0.25, 0.3) is 22.2 Å². The molecule has 174 valence electrons. The van der Waals surface area contributed by atoms with Crippen LogP contribution in [0.1, 0.15) is 21.5 Å². The minimum atomic E-state index is -0.950. The van der Waals surface area contributed by atoms with Crippen LogP contribution >= 0.6 is 0 Å². The first kappa shape index (κ1) is 23.0. The summed E-state index contributed by atoms with van der Waals surface area (Å²) in [7, 11) is 0. The number of hydrazone groups is 1. The Labute approximate surface area is 197 Å². The van der Waals surface area contributed by atoms with Gasteiger partial charge in [-0.25, -0.2) is 10.4 Å². The normalized spacial score (nSPS) is 11.0. The summed E-state index contributed by atoms with van der Waals surface area (Å²) in [6.45, 7) is 1.96. The highest BCUT2D eigenvalue weighted by molar-refractivity contribution is 6.07. The molecule has 1 aromatic heterocycles. The lowest BCUT2D eigenvalue weighted by Crippen LogP contribution is -2.18. The number of nitro benzene ring substituents is 2. The molecule has 0 radical (unpaired) electrons. The second-order valence-corrected chi connectivity index (χ2v) is 7.55. The molecule has 0 spiro atoms. The molecule has 0 aliphatic heterocycles. The van der Waals surface area contributed by atoms with Crippen LogP contribution in [0, 0.1) is 27.2 Å². The minimum Gasteiger partial charge on any atom is -0.502 e. The van der Waals surface area contributed by atoms with Gasteiger partial charge in [0.25, 0.3) is 11.6 Å². The van der Waals surface area contributed by atoms with E-state index in [0.29, 0.717) is 22.7 Å². The van der Waals surface area contributed by atoms with E-state index in [-0.39, 0.29) is 11.1 Å². The van der Waals surface area contributed by atoms with Crippen molar-refractivity contribution in [3.63, 3.8) is 0 Å². The second-order valence-electron chi connectivity index (χ2n) is 7.55. The summed E-state index contributed by atoms with van der Waals surface area (Å²) in [5.74, 6) is -1.41. The van der Waals surface area contributed by atoms with Crippen molar-refractivity contribution in [3.05, 3.63) is 104 Å². The van der Waals surface area contributed by atoms with Crippen molar-refractivity contribution in [3.8, 4) is 17.0 Å². The summed E-state index contributed by atoms with van der Waals surface area (Å²) in [6, 6.07) is 17.9. The van der Waals surface area contributed by atoms with Crippen LogP contribution < -0.4 is 5.43 Å². The summed E-state index contributed by atoms with van der Waals surface area (Å²) in [5.41, 5.74) is 3.87. The van der Waals surface area contributed by atoms with Crippen molar-refractivity contribution in [1.82, 2.24) is 10.4 Å². The van der Waals surface area contributed by atoms with Gasteiger partial charge in [-0.1, -0.05) is 48.0 Å². The first-order chi connectivity index (χ1) is 16.7. The predicted molar refractivity (Wildman–Crippen MR) is 128 cm³/mol. The van der Waals surface area contributed by atoms with Crippen LogP contribution in [0.2, 0.25) is 0 Å². The van der Waals surface area contributed by atoms with Crippen LogP contribution in [0.5, 0.6) is 5.75 Å². The number of nitrogens with one attached hydrogen (secondary N) is 1. The van der Waals surface area contributed by atoms with E-state index in [1.54, 1.807) is 30.3 Å². The van der Waals surface area contributed by atoms with E-state index in [0.717, 1.165) is 23.4 Å². The van der Waals surface area contributed by atoms with Gasteiger partial charge in [0.2, 0.25) is 5.75 Å². The lowest BCUT2D eigenvalue weighted by Gasteiger charge is -2.09. The van der Waals surface area contributed by atoms with Gasteiger partial charge in [-0.05, 0) is 19.1 Å². The molecule has 0 saturated heterocycles. The van der Waals surface area contributed by atoms with Crippen molar-refractivity contribution >= 4 is 34.4 Å². The van der Waals surface area contributed by atoms with Crippen LogP contribution in [0.4, 0.5) is 11.4 Å². The third kappa shape index (κ3) is 4.78. The molecule has 0 aliphatic carbocycles. The molecule has 2 N–H and O–H groups in total. The molecule has 11 nitrogen and oxygen atoms in total. The van der Waals surface area contributed by atoms with Gasteiger partial charge in [-0.15, -0.1) is 0 Å². The number of pyridine rings is 1. The number of phenolic OH excluding ortho intramolecular Hbond substituents is 1. The number of benzene rings is 3. The monoisotopic (exact) mass is 471 g/mol. The van der Waals surface area contributed by atoms with Gasteiger partial charge in [0, 0.05) is 17.0 Å². The highest BCUT2D eigenvalue weighted by Gasteiger charge is 2.23. The number of phenols is 1. The number of para-hydroxylation sites is 1. The van der Waals surface area contributed by atoms with Crippen molar-refractivity contribution in [2.45, 2.75) is 6.92 Å². The van der Waals surface area contributed by atoms with Gasteiger partial charge < -0.3 is 5.11 Å². The van der Waals surface area contributed by atoms with E-state index in [1.807, 2.05) is 31.2 Å². The first-order valence-corrected chi connectivity index (χ1v) is 10.2. The Hall–Kier alpha value is -5.19. The predicted octanol–water partition coefficient (Wildman–Crippen LogP) is 4.50. The molecule has 0 aliphatic rings. The molecule has 1 amide bonds. The van der Waals surface area contributed by atoms with E-state index in [4.69, 9.17) is 0 Å². The topological polar surface area (TPSA) is 161 Å². The lowest BCUT2D eigenvalue weighted by molar-refractivity contribution is -0.394. The van der Waals surface area contributed by atoms with Gasteiger partial charge in [0.15, 0.2) is 0 Å². The van der Waals surface area contributed by atoms with E-state index < -0.39 is 32.9 Å². The Bertz CT molecular complexity index is 1520. The molecule has 4 rings (SSSR count). The molecule has 0 atom stereocenters. The smallest absolute Gasteiger partial charge is 0.318 e. The second kappa shape index (κ2) is 9.35. The van der Waals surface area contributed by atoms with Crippen LogP contribution in [0.15, 0.2) is 71.8 Å². The Morgan fingerprint density at radius 3 is 2.43 bits per heavy atom. The van der Waals surface area contributed by atoms with Gasteiger partial charge in [-0.3, -0.25) is 25.0 Å². The van der Waals surface area contributed by atoms with Gasteiger partial charge in [0.1, 0.15) is 0 Å². The number of fused-ring (bicyclic) bond motifs is 1. The Balaban J connectivity index is 1.69. The van der Waals surface area contributed by atoms with Gasteiger partial charge >= 0.3 is 5.69 Å². The van der Waals surface area contributed by atoms with Crippen LogP contribution in [-0.2, 0) is 0 Å². The number of amides is 1. The average molecular weight is 471 g/mol. The molecule has 0 bridgehead atoms. The van der Waals surface area contributed by atoms with Crippen molar-refractivity contribution in [2.75, 3.05) is 0 Å². The zero-order valence-corrected chi connectivity index (χ0v) is 18.2. The lowest BCUT2D eigenvalue weighted by atomic mass is 10.0. The van der Waals surface area contributed by atoms with Crippen molar-refractivity contribution in [2.24, 2.45) is 5.10 Å². The summed E-state index contributed by atoms with van der Waals surface area (Å²) in [6.07, 6.45) is 0.900. The highest BCUT2D eigenvalue weighted by Crippen LogP contribution is 2.33. The van der Waals surface area contributed by atoms with Crippen molar-refractivity contribution in [1.29, 1.82) is 0 Å². The number of non-ortho nitro benzene ring substituents is 1. The molecule has 35 heavy (non-hydrogen) atoms. The summed E-state index contributed by atoms with van der Waals surface area (Å²) in [5, 5.41) is 36.6. The molecule has 1 heterocycles. The number of rotatable bonds is 6. The maximum atomic E-state index is 13.0. The number of nitrogens with zero attached hydrogens (tertiary/aromatic N) is 4. The maximum absolute atomic E-state index is 13.0. The molecule has 0 saturated carbocycles. The maximum Gasteiger partial charge on any atom is 0.318 e. The third-order valence-corrected chi connectivity index (χ3v) is 5.19. The molecule has 11 heteroatoms. The minimum absolute atomic E-state index is 0.276. The SMILES string of the molecule is Cc1ccc(-c2cc(C(=O)N/N=C/c3cc([N+](=O)[O-])cc([N+](=O)[O-])c3O)c3ccccc3n2)cc1. The van der Waals surface area contributed by atoms with Crippen LogP contribution in [-0.4, -0.2) is 32.1 Å². The summed E-state index contributed by atoms with van der Waals surface area (Å²) >= 11 is 0. The zero-order chi connectivity index (χ0) is 25.1. The zero-order valence-electron chi connectivity index (χ0n) is 18.2. The molecule has 0 fully saturated rings. The number of hydrogen-bond acceptors (Lipinski definition) is 8. The fraction of sp³-hybridized carbons (Fsp3) is 0.0417. The number of aryl methyl sites for hydroxylation is 1.